The highest BCUT2D eigenvalue weighted by molar-refractivity contribution is 6.04. The van der Waals surface area contributed by atoms with Crippen molar-refractivity contribution < 1.29 is 33.7 Å². The Morgan fingerprint density at radius 2 is 1.58 bits per heavy atom. The van der Waals surface area contributed by atoms with Crippen LogP contribution in [0.25, 0.3) is 0 Å². The third-order valence-corrected chi connectivity index (χ3v) is 2.68. The fraction of sp³-hybridized carbons (Fsp3) is 0.353. The molecule has 0 unspecified atom stereocenters. The zero-order chi connectivity index (χ0) is 17.6. The fourth-order valence-corrected chi connectivity index (χ4v) is 1.56. The molecule has 2 rings (SSSR count). The minimum Gasteiger partial charge on any atom is -0.462 e. The topological polar surface area (TPSA) is 99.1 Å². The van der Waals surface area contributed by atoms with Crippen LogP contribution in [0.3, 0.4) is 0 Å². The molecule has 0 aromatic heterocycles. The molecule has 130 valence electrons. The van der Waals surface area contributed by atoms with Crippen LogP contribution in [-0.2, 0) is 23.8 Å². The number of carbonyl (C=O) groups is 3. The highest BCUT2D eigenvalue weighted by Crippen LogP contribution is 2.01. The van der Waals surface area contributed by atoms with E-state index in [0.29, 0.717) is 38.2 Å². The van der Waals surface area contributed by atoms with Crippen molar-refractivity contribution in [3.05, 3.63) is 48.0 Å². The number of hydrogen-bond acceptors (Lipinski definition) is 7. The first-order valence-electron chi connectivity index (χ1n) is 7.48. The fourth-order valence-electron chi connectivity index (χ4n) is 1.56. The Bertz CT molecular complexity index is 535. The van der Waals surface area contributed by atoms with E-state index in [1.54, 1.807) is 24.3 Å². The molecule has 0 amide bonds. The molecule has 0 aliphatic carbocycles. The molecule has 1 aromatic rings. The molecular weight excluding hydrogens is 316 g/mol. The van der Waals surface area contributed by atoms with Gasteiger partial charge in [-0.1, -0.05) is 18.2 Å². The Balaban J connectivity index is 0.000000341. The van der Waals surface area contributed by atoms with E-state index in [0.717, 1.165) is 12.2 Å². The number of rotatable bonds is 8. The summed E-state index contributed by atoms with van der Waals surface area (Å²) in [5.74, 6) is -1.46. The number of cyclic esters (lactones) is 2. The molecule has 1 N–H and O–H groups in total. The zero-order valence-electron chi connectivity index (χ0n) is 13.2. The van der Waals surface area contributed by atoms with Crippen LogP contribution in [0.4, 0.5) is 0 Å². The smallest absolute Gasteiger partial charge is 0.338 e. The SMILES string of the molecule is O=C(OCCCOCCCO)c1ccccc1.O=C1C=CC(=O)O1. The van der Waals surface area contributed by atoms with Crippen molar-refractivity contribution in [2.45, 2.75) is 12.8 Å². The lowest BCUT2D eigenvalue weighted by Gasteiger charge is -2.05. The Kier molecular flexibility index (Phi) is 9.75. The predicted molar refractivity (Wildman–Crippen MR) is 84.1 cm³/mol. The van der Waals surface area contributed by atoms with Gasteiger partial charge < -0.3 is 19.3 Å². The third-order valence-electron chi connectivity index (χ3n) is 2.68. The second kappa shape index (κ2) is 12.0. The quantitative estimate of drug-likeness (QED) is 0.433. The molecule has 0 atom stereocenters. The molecule has 7 nitrogen and oxygen atoms in total. The van der Waals surface area contributed by atoms with Crippen molar-refractivity contribution in [1.29, 1.82) is 0 Å². The van der Waals surface area contributed by atoms with Crippen molar-refractivity contribution in [3.8, 4) is 0 Å². The van der Waals surface area contributed by atoms with Gasteiger partial charge in [-0.25, -0.2) is 14.4 Å². The Hall–Kier alpha value is -2.51. The number of aliphatic hydroxyl groups is 1. The molecule has 24 heavy (non-hydrogen) atoms. The third kappa shape index (κ3) is 8.82. The van der Waals surface area contributed by atoms with Gasteiger partial charge in [0.1, 0.15) is 0 Å². The second-order valence-corrected chi connectivity index (χ2v) is 4.62. The summed E-state index contributed by atoms with van der Waals surface area (Å²) >= 11 is 0. The normalized spacial score (nSPS) is 12.4. The summed E-state index contributed by atoms with van der Waals surface area (Å²) in [6, 6.07) is 8.90. The molecule has 1 aromatic carbocycles. The van der Waals surface area contributed by atoms with Crippen molar-refractivity contribution in [2.75, 3.05) is 26.4 Å². The Morgan fingerprint density at radius 3 is 2.12 bits per heavy atom. The monoisotopic (exact) mass is 336 g/mol. The first-order chi connectivity index (χ1) is 11.6. The number of carbonyl (C=O) groups excluding carboxylic acids is 3. The lowest BCUT2D eigenvalue weighted by molar-refractivity contribution is -0.150. The summed E-state index contributed by atoms with van der Waals surface area (Å²) in [6.07, 6.45) is 3.48. The van der Waals surface area contributed by atoms with Crippen LogP contribution < -0.4 is 0 Å². The highest BCUT2D eigenvalue weighted by atomic mass is 16.6. The van der Waals surface area contributed by atoms with Crippen LogP contribution in [0.5, 0.6) is 0 Å². The molecule has 7 heteroatoms. The maximum absolute atomic E-state index is 11.5. The summed E-state index contributed by atoms with van der Waals surface area (Å²) in [6.45, 7) is 1.58. The molecule has 0 bridgehead atoms. The minimum absolute atomic E-state index is 0.142. The van der Waals surface area contributed by atoms with Gasteiger partial charge >= 0.3 is 17.9 Å². The Morgan fingerprint density at radius 1 is 0.958 bits per heavy atom. The largest absolute Gasteiger partial charge is 0.462 e. The molecule has 1 heterocycles. The van der Waals surface area contributed by atoms with Crippen molar-refractivity contribution in [2.24, 2.45) is 0 Å². The van der Waals surface area contributed by atoms with Crippen LogP contribution in [0, 0.1) is 0 Å². The number of aliphatic hydroxyl groups excluding tert-OH is 1. The first kappa shape index (κ1) is 19.5. The summed E-state index contributed by atoms with van der Waals surface area (Å²) in [5.41, 5.74) is 0.564. The maximum Gasteiger partial charge on any atom is 0.338 e. The standard InChI is InChI=1S/C13H18O4.C4H2O3/c14-8-4-9-16-10-5-11-17-13(15)12-6-2-1-3-7-12;5-3-1-2-4(6)7-3/h1-3,6-7,14H,4-5,8-11H2;1-2H. The predicted octanol–water partition coefficient (Wildman–Crippen LogP) is 1.26. The van der Waals surface area contributed by atoms with E-state index in [1.165, 1.54) is 0 Å². The number of esters is 3. The van der Waals surface area contributed by atoms with E-state index >= 15 is 0 Å². The van der Waals surface area contributed by atoms with Gasteiger partial charge in [0.05, 0.1) is 12.2 Å². The van der Waals surface area contributed by atoms with E-state index in [1.807, 2.05) is 6.07 Å². The molecular formula is C17H20O7. The van der Waals surface area contributed by atoms with Crippen LogP contribution in [0.2, 0.25) is 0 Å². The Labute approximate surface area is 139 Å². The van der Waals surface area contributed by atoms with E-state index in [-0.39, 0.29) is 12.6 Å². The van der Waals surface area contributed by atoms with Gasteiger partial charge in [-0.3, -0.25) is 0 Å². The van der Waals surface area contributed by atoms with Crippen molar-refractivity contribution in [3.63, 3.8) is 0 Å². The average Bonchev–Trinajstić information content (AvgIpc) is 2.98. The molecule has 0 saturated heterocycles. The van der Waals surface area contributed by atoms with Crippen molar-refractivity contribution in [1.82, 2.24) is 0 Å². The van der Waals surface area contributed by atoms with E-state index in [4.69, 9.17) is 14.6 Å². The van der Waals surface area contributed by atoms with Crippen LogP contribution in [0.1, 0.15) is 23.2 Å². The van der Waals surface area contributed by atoms with Gasteiger partial charge in [0, 0.05) is 38.4 Å². The molecule has 0 spiro atoms. The van der Waals surface area contributed by atoms with Crippen LogP contribution in [-0.4, -0.2) is 49.4 Å². The molecule has 1 aliphatic rings. The number of hydrogen-bond donors (Lipinski definition) is 1. The van der Waals surface area contributed by atoms with Gasteiger partial charge in [-0.2, -0.15) is 0 Å². The van der Waals surface area contributed by atoms with E-state index in [9.17, 15) is 14.4 Å². The number of benzene rings is 1. The van der Waals surface area contributed by atoms with Gasteiger partial charge in [0.15, 0.2) is 0 Å². The second-order valence-electron chi connectivity index (χ2n) is 4.62. The summed E-state index contributed by atoms with van der Waals surface area (Å²) < 4.78 is 14.2. The highest BCUT2D eigenvalue weighted by Gasteiger charge is 2.10. The summed E-state index contributed by atoms with van der Waals surface area (Å²) in [7, 11) is 0. The van der Waals surface area contributed by atoms with Gasteiger partial charge in [0.25, 0.3) is 0 Å². The van der Waals surface area contributed by atoms with Crippen LogP contribution in [0.15, 0.2) is 42.5 Å². The average molecular weight is 336 g/mol. The molecule has 1 aliphatic heterocycles. The van der Waals surface area contributed by atoms with Crippen LogP contribution >= 0.6 is 0 Å². The summed E-state index contributed by atoms with van der Waals surface area (Å²) in [4.78, 5) is 31.3. The van der Waals surface area contributed by atoms with Gasteiger partial charge in [0.2, 0.25) is 0 Å². The first-order valence-corrected chi connectivity index (χ1v) is 7.48. The van der Waals surface area contributed by atoms with Gasteiger partial charge in [-0.15, -0.1) is 0 Å². The summed E-state index contributed by atoms with van der Waals surface area (Å²) in [5, 5.41) is 8.52. The lowest BCUT2D eigenvalue weighted by Crippen LogP contribution is -2.08. The molecule has 0 radical (unpaired) electrons. The van der Waals surface area contributed by atoms with E-state index < -0.39 is 11.9 Å². The maximum atomic E-state index is 11.5. The van der Waals surface area contributed by atoms with Gasteiger partial charge in [-0.05, 0) is 18.6 Å². The number of ether oxygens (including phenoxy) is 3. The molecule has 0 saturated carbocycles. The van der Waals surface area contributed by atoms with E-state index in [2.05, 4.69) is 4.74 Å². The minimum atomic E-state index is -0.579. The lowest BCUT2D eigenvalue weighted by atomic mass is 10.2. The zero-order valence-corrected chi connectivity index (χ0v) is 13.2. The van der Waals surface area contributed by atoms with Crippen molar-refractivity contribution >= 4 is 17.9 Å². The molecule has 0 fully saturated rings.